The van der Waals surface area contributed by atoms with E-state index in [1.54, 1.807) is 11.3 Å². The van der Waals surface area contributed by atoms with Gasteiger partial charge in [0.2, 0.25) is 0 Å². The highest BCUT2D eigenvalue weighted by atomic mass is 35.5. The molecule has 1 aromatic rings. The molecule has 1 heterocycles. The molecule has 3 heteroatoms. The molecule has 0 aliphatic heterocycles. The van der Waals surface area contributed by atoms with E-state index in [0.717, 1.165) is 12.8 Å². The van der Waals surface area contributed by atoms with Gasteiger partial charge in [-0.15, -0.1) is 22.9 Å². The summed E-state index contributed by atoms with van der Waals surface area (Å²) in [5.41, 5.74) is 0. The molecule has 1 atom stereocenters. The molecule has 10 heavy (non-hydrogen) atoms. The van der Waals surface area contributed by atoms with Crippen LogP contribution in [0.25, 0.3) is 0 Å². The zero-order valence-corrected chi connectivity index (χ0v) is 7.45. The minimum Gasteiger partial charge on any atom is -0.250 e. The van der Waals surface area contributed by atoms with Gasteiger partial charge in [-0.25, -0.2) is 4.98 Å². The molecule has 0 saturated heterocycles. The third-order valence-corrected chi connectivity index (χ3v) is 2.30. The average Bonchev–Trinajstić information content (AvgIpc) is 2.34. The maximum absolute atomic E-state index is 5.77. The van der Waals surface area contributed by atoms with E-state index >= 15 is 0 Å². The summed E-state index contributed by atoms with van der Waals surface area (Å²) in [4.78, 5) is 4.15. The number of hydrogen-bond donors (Lipinski definition) is 0. The minimum absolute atomic E-state index is 0.267. The van der Waals surface area contributed by atoms with Crippen LogP contribution in [0.15, 0.2) is 11.6 Å². The van der Waals surface area contributed by atoms with Crippen molar-refractivity contribution in [3.8, 4) is 0 Å². The van der Waals surface area contributed by atoms with Crippen molar-refractivity contribution in [2.75, 3.05) is 0 Å². The zero-order valence-electron chi connectivity index (χ0n) is 5.88. The largest absolute Gasteiger partial charge is 0.250 e. The molecule has 1 aromatic heterocycles. The molecule has 0 saturated carbocycles. The lowest BCUT2D eigenvalue weighted by Gasteiger charge is -1.97. The van der Waals surface area contributed by atoms with E-state index in [1.807, 2.05) is 18.5 Å². The molecular formula is C7H10ClNS. The molecule has 0 aliphatic rings. The Balaban J connectivity index is 2.28. The Morgan fingerprint density at radius 3 is 3.10 bits per heavy atom. The molecule has 0 amide bonds. The molecule has 0 fully saturated rings. The van der Waals surface area contributed by atoms with E-state index in [1.165, 1.54) is 5.01 Å². The van der Waals surface area contributed by atoms with Crippen LogP contribution in [0.4, 0.5) is 0 Å². The van der Waals surface area contributed by atoms with Crippen molar-refractivity contribution in [1.82, 2.24) is 4.98 Å². The van der Waals surface area contributed by atoms with Crippen LogP contribution in [0.5, 0.6) is 0 Å². The number of alkyl halides is 1. The van der Waals surface area contributed by atoms with Gasteiger partial charge < -0.3 is 0 Å². The standard InChI is InChI=1S/C7H10ClNS/c1-6(8)2-3-7-9-4-5-10-7/h4-6H,2-3H2,1H3. The molecule has 56 valence electrons. The SMILES string of the molecule is CC(Cl)CCc1nccs1. The highest BCUT2D eigenvalue weighted by molar-refractivity contribution is 7.09. The molecule has 0 bridgehead atoms. The maximum Gasteiger partial charge on any atom is 0.0925 e. The van der Waals surface area contributed by atoms with Gasteiger partial charge >= 0.3 is 0 Å². The minimum atomic E-state index is 0.267. The highest BCUT2D eigenvalue weighted by Crippen LogP contribution is 2.10. The number of thiazole rings is 1. The van der Waals surface area contributed by atoms with Gasteiger partial charge in [-0.2, -0.15) is 0 Å². The highest BCUT2D eigenvalue weighted by Gasteiger charge is 1.98. The Labute approximate surface area is 70.1 Å². The Hall–Kier alpha value is -0.0800. The third-order valence-electron chi connectivity index (χ3n) is 1.24. The number of nitrogens with zero attached hydrogens (tertiary/aromatic N) is 1. The van der Waals surface area contributed by atoms with Gasteiger partial charge in [0.15, 0.2) is 0 Å². The second-order valence-electron chi connectivity index (χ2n) is 2.25. The number of rotatable bonds is 3. The Morgan fingerprint density at radius 2 is 2.60 bits per heavy atom. The predicted octanol–water partition coefficient (Wildman–Crippen LogP) is 2.70. The number of aromatic nitrogens is 1. The predicted molar refractivity (Wildman–Crippen MR) is 45.8 cm³/mol. The summed E-state index contributed by atoms with van der Waals surface area (Å²) < 4.78 is 0. The van der Waals surface area contributed by atoms with Crippen molar-refractivity contribution >= 4 is 22.9 Å². The Bertz CT molecular complexity index is 172. The lowest BCUT2D eigenvalue weighted by atomic mass is 10.2. The topological polar surface area (TPSA) is 12.9 Å². The fraction of sp³-hybridized carbons (Fsp3) is 0.571. The summed E-state index contributed by atoms with van der Waals surface area (Å²) in [6, 6.07) is 0. The summed E-state index contributed by atoms with van der Waals surface area (Å²) in [6.07, 6.45) is 3.87. The van der Waals surface area contributed by atoms with E-state index in [0.29, 0.717) is 0 Å². The van der Waals surface area contributed by atoms with Crippen molar-refractivity contribution < 1.29 is 0 Å². The van der Waals surface area contributed by atoms with Crippen LogP contribution in [0.2, 0.25) is 0 Å². The molecule has 0 aliphatic carbocycles. The van der Waals surface area contributed by atoms with Crippen LogP contribution in [0.1, 0.15) is 18.4 Å². The van der Waals surface area contributed by atoms with Gasteiger partial charge in [0.05, 0.1) is 5.01 Å². The van der Waals surface area contributed by atoms with Gasteiger partial charge in [0.25, 0.3) is 0 Å². The Kier molecular flexibility index (Phi) is 3.16. The summed E-state index contributed by atoms with van der Waals surface area (Å²) in [6.45, 7) is 2.01. The van der Waals surface area contributed by atoms with E-state index in [-0.39, 0.29) is 5.38 Å². The van der Waals surface area contributed by atoms with Gasteiger partial charge in [0, 0.05) is 23.4 Å². The first-order valence-corrected chi connectivity index (χ1v) is 4.63. The monoisotopic (exact) mass is 175 g/mol. The molecule has 1 rings (SSSR count). The van der Waals surface area contributed by atoms with Gasteiger partial charge in [-0.05, 0) is 13.3 Å². The van der Waals surface area contributed by atoms with Crippen LogP contribution >= 0.6 is 22.9 Å². The lowest BCUT2D eigenvalue weighted by Crippen LogP contribution is -1.93. The lowest BCUT2D eigenvalue weighted by molar-refractivity contribution is 0.798. The number of halogens is 1. The first kappa shape index (κ1) is 8.02. The summed E-state index contributed by atoms with van der Waals surface area (Å²) >= 11 is 7.47. The van der Waals surface area contributed by atoms with Crippen LogP contribution in [-0.2, 0) is 6.42 Å². The molecule has 0 radical (unpaired) electrons. The molecular weight excluding hydrogens is 166 g/mol. The average molecular weight is 176 g/mol. The van der Waals surface area contributed by atoms with Gasteiger partial charge in [0.1, 0.15) is 0 Å². The molecule has 0 N–H and O–H groups in total. The summed E-state index contributed by atoms with van der Waals surface area (Å²) in [7, 11) is 0. The van der Waals surface area contributed by atoms with E-state index in [2.05, 4.69) is 4.98 Å². The van der Waals surface area contributed by atoms with Crippen molar-refractivity contribution in [2.24, 2.45) is 0 Å². The first-order chi connectivity index (χ1) is 4.79. The van der Waals surface area contributed by atoms with E-state index in [9.17, 15) is 0 Å². The number of aryl methyl sites for hydroxylation is 1. The van der Waals surface area contributed by atoms with Gasteiger partial charge in [-0.3, -0.25) is 0 Å². The summed E-state index contributed by atoms with van der Waals surface area (Å²) in [5.74, 6) is 0. The molecule has 1 nitrogen and oxygen atoms in total. The normalized spacial score (nSPS) is 13.4. The zero-order chi connectivity index (χ0) is 7.40. The quantitative estimate of drug-likeness (QED) is 0.644. The van der Waals surface area contributed by atoms with E-state index < -0.39 is 0 Å². The van der Waals surface area contributed by atoms with Crippen LogP contribution in [-0.4, -0.2) is 10.4 Å². The molecule has 1 unspecified atom stereocenters. The second-order valence-corrected chi connectivity index (χ2v) is 3.97. The van der Waals surface area contributed by atoms with Crippen LogP contribution in [0.3, 0.4) is 0 Å². The fourth-order valence-corrected chi connectivity index (χ4v) is 1.44. The first-order valence-electron chi connectivity index (χ1n) is 3.31. The second kappa shape index (κ2) is 3.94. The summed E-state index contributed by atoms with van der Waals surface area (Å²) in [5, 5.41) is 3.45. The van der Waals surface area contributed by atoms with Crippen molar-refractivity contribution in [3.63, 3.8) is 0 Å². The van der Waals surface area contributed by atoms with Crippen molar-refractivity contribution in [3.05, 3.63) is 16.6 Å². The van der Waals surface area contributed by atoms with Crippen LogP contribution in [0, 0.1) is 0 Å². The fourth-order valence-electron chi connectivity index (χ4n) is 0.699. The molecule has 0 aromatic carbocycles. The van der Waals surface area contributed by atoms with Gasteiger partial charge in [-0.1, -0.05) is 0 Å². The van der Waals surface area contributed by atoms with Crippen molar-refractivity contribution in [1.29, 1.82) is 0 Å². The Morgan fingerprint density at radius 1 is 1.80 bits per heavy atom. The smallest absolute Gasteiger partial charge is 0.0925 e. The maximum atomic E-state index is 5.77. The van der Waals surface area contributed by atoms with Crippen molar-refractivity contribution in [2.45, 2.75) is 25.1 Å². The molecule has 0 spiro atoms. The number of hydrogen-bond acceptors (Lipinski definition) is 2. The van der Waals surface area contributed by atoms with Crippen LogP contribution < -0.4 is 0 Å². The van der Waals surface area contributed by atoms with E-state index in [4.69, 9.17) is 11.6 Å². The third kappa shape index (κ3) is 2.67.